The van der Waals surface area contributed by atoms with Gasteiger partial charge in [0.05, 0.1) is 0 Å². The number of rotatable bonds is 3. The van der Waals surface area contributed by atoms with Crippen molar-refractivity contribution in [2.45, 2.75) is 6.54 Å². The third-order valence-corrected chi connectivity index (χ3v) is 1.65. The molecular weight excluding hydrogens is 192 g/mol. The minimum absolute atomic E-state index is 0.0800. The lowest BCUT2D eigenvalue weighted by Gasteiger charge is -1.94. The van der Waals surface area contributed by atoms with Crippen LogP contribution >= 0.6 is 0 Å². The first kappa shape index (κ1) is 11.0. The van der Waals surface area contributed by atoms with Gasteiger partial charge in [-0.2, -0.15) is 4.99 Å². The lowest BCUT2D eigenvalue weighted by atomic mass is 10.5. The number of nitrogens with two attached hydrogens (primary N) is 3. The summed E-state index contributed by atoms with van der Waals surface area (Å²) in [6, 6.07) is 5.85. The maximum absolute atomic E-state index is 5.43. The minimum Gasteiger partial charge on any atom is -0.370 e. The van der Waals surface area contributed by atoms with Crippen LogP contribution in [0.2, 0.25) is 0 Å². The monoisotopic (exact) mass is 207 g/mol. The molecule has 0 unspecified atom stereocenters. The zero-order chi connectivity index (χ0) is 11.1. The molecule has 0 saturated heterocycles. The molecule has 0 spiro atoms. The van der Waals surface area contributed by atoms with Crippen LogP contribution in [0.4, 0.5) is 0 Å². The van der Waals surface area contributed by atoms with Gasteiger partial charge in [-0.15, -0.1) is 0 Å². The Bertz CT molecular complexity index is 352. The van der Waals surface area contributed by atoms with E-state index in [4.69, 9.17) is 17.2 Å². The van der Waals surface area contributed by atoms with Gasteiger partial charge < -0.3 is 17.2 Å². The summed E-state index contributed by atoms with van der Waals surface area (Å²) in [5.41, 5.74) is 15.7. The van der Waals surface area contributed by atoms with Crippen LogP contribution in [0.3, 0.4) is 0 Å². The van der Waals surface area contributed by atoms with Crippen LogP contribution in [0.25, 0.3) is 0 Å². The molecule has 0 aliphatic rings. The molecule has 0 aromatic carbocycles. The Morgan fingerprint density at radius 2 is 1.73 bits per heavy atom. The van der Waals surface area contributed by atoms with Crippen LogP contribution in [-0.4, -0.2) is 18.5 Å². The van der Waals surface area contributed by atoms with Crippen LogP contribution < -0.4 is 21.8 Å². The van der Waals surface area contributed by atoms with E-state index in [-0.39, 0.29) is 11.9 Å². The standard InChI is InChI=1S/C9H15N6/c10-8(11)14-9(12)13-4-7-15-5-2-1-3-6-15/h1-3,5-6H,4,7H2,(H6,10,11,12,13,14)/q+1. The van der Waals surface area contributed by atoms with E-state index in [1.54, 1.807) is 0 Å². The average Bonchev–Trinajstić information content (AvgIpc) is 2.18. The molecule has 15 heavy (non-hydrogen) atoms. The van der Waals surface area contributed by atoms with Gasteiger partial charge in [0.15, 0.2) is 24.9 Å². The molecule has 6 heteroatoms. The molecule has 0 radical (unpaired) electrons. The van der Waals surface area contributed by atoms with E-state index < -0.39 is 0 Å². The molecule has 80 valence electrons. The normalized spacial score (nSPS) is 11.1. The fraction of sp³-hybridized carbons (Fsp3) is 0.222. The van der Waals surface area contributed by atoms with E-state index >= 15 is 0 Å². The smallest absolute Gasteiger partial charge is 0.218 e. The molecule has 1 rings (SSSR count). The molecular formula is C9H15N6+. The minimum atomic E-state index is -0.0800. The highest BCUT2D eigenvalue weighted by Gasteiger charge is 1.96. The maximum Gasteiger partial charge on any atom is 0.218 e. The second-order valence-electron chi connectivity index (χ2n) is 2.89. The highest BCUT2D eigenvalue weighted by Crippen LogP contribution is 1.79. The summed E-state index contributed by atoms with van der Waals surface area (Å²) in [5, 5.41) is 0. The summed E-state index contributed by atoms with van der Waals surface area (Å²) < 4.78 is 1.99. The van der Waals surface area contributed by atoms with Crippen molar-refractivity contribution in [3.8, 4) is 0 Å². The first-order chi connectivity index (χ1) is 7.18. The molecule has 0 saturated carbocycles. The Morgan fingerprint density at radius 3 is 2.33 bits per heavy atom. The average molecular weight is 207 g/mol. The zero-order valence-electron chi connectivity index (χ0n) is 8.37. The summed E-state index contributed by atoms with van der Waals surface area (Å²) in [6.45, 7) is 1.28. The molecule has 6 nitrogen and oxygen atoms in total. The molecule has 0 bridgehead atoms. The fourth-order valence-electron chi connectivity index (χ4n) is 1.03. The molecule has 1 heterocycles. The summed E-state index contributed by atoms with van der Waals surface area (Å²) >= 11 is 0. The Kier molecular flexibility index (Phi) is 4.08. The van der Waals surface area contributed by atoms with Crippen molar-refractivity contribution in [3.05, 3.63) is 30.6 Å². The van der Waals surface area contributed by atoms with Crippen LogP contribution in [-0.2, 0) is 6.54 Å². The molecule has 1 aromatic rings. The molecule has 0 atom stereocenters. The third-order valence-electron chi connectivity index (χ3n) is 1.65. The Morgan fingerprint density at radius 1 is 1.07 bits per heavy atom. The van der Waals surface area contributed by atoms with Gasteiger partial charge >= 0.3 is 0 Å². The largest absolute Gasteiger partial charge is 0.370 e. The van der Waals surface area contributed by atoms with E-state index in [2.05, 4.69) is 9.98 Å². The van der Waals surface area contributed by atoms with Gasteiger partial charge in [-0.1, -0.05) is 6.07 Å². The van der Waals surface area contributed by atoms with Crippen molar-refractivity contribution in [2.24, 2.45) is 27.2 Å². The highest BCUT2D eigenvalue weighted by molar-refractivity contribution is 5.92. The van der Waals surface area contributed by atoms with Crippen LogP contribution in [0, 0.1) is 0 Å². The van der Waals surface area contributed by atoms with E-state index in [9.17, 15) is 0 Å². The second kappa shape index (κ2) is 5.58. The first-order valence-corrected chi connectivity index (χ1v) is 4.52. The van der Waals surface area contributed by atoms with Crippen LogP contribution in [0.15, 0.2) is 40.6 Å². The number of hydrogen-bond acceptors (Lipinski definition) is 1. The van der Waals surface area contributed by atoms with Gasteiger partial charge in [0.2, 0.25) is 5.96 Å². The SMILES string of the molecule is NC(N)=NC(N)=NCC[n+]1ccccc1. The van der Waals surface area contributed by atoms with Gasteiger partial charge in [-0.25, -0.2) is 9.56 Å². The molecule has 0 aliphatic carbocycles. The van der Waals surface area contributed by atoms with E-state index in [0.29, 0.717) is 6.54 Å². The summed E-state index contributed by atoms with van der Waals surface area (Å²) in [6.07, 6.45) is 3.90. The van der Waals surface area contributed by atoms with E-state index in [0.717, 1.165) is 6.54 Å². The lowest BCUT2D eigenvalue weighted by molar-refractivity contribution is -0.694. The van der Waals surface area contributed by atoms with Crippen molar-refractivity contribution >= 4 is 11.9 Å². The molecule has 1 aromatic heterocycles. The Balaban J connectivity index is 2.42. The molecule has 0 fully saturated rings. The number of hydrogen-bond donors (Lipinski definition) is 3. The first-order valence-electron chi connectivity index (χ1n) is 4.52. The van der Waals surface area contributed by atoms with Gasteiger partial charge in [0.1, 0.15) is 6.54 Å². The number of guanidine groups is 2. The maximum atomic E-state index is 5.43. The summed E-state index contributed by atoms with van der Waals surface area (Å²) in [5.74, 6) is 0.0233. The number of nitrogens with zero attached hydrogens (tertiary/aromatic N) is 3. The molecule has 0 aliphatic heterocycles. The van der Waals surface area contributed by atoms with Crippen molar-refractivity contribution < 1.29 is 4.57 Å². The number of aromatic nitrogens is 1. The molecule has 0 amide bonds. The van der Waals surface area contributed by atoms with Gasteiger partial charge in [0.25, 0.3) is 0 Å². The predicted octanol–water partition coefficient (Wildman–Crippen LogP) is -1.44. The molecule has 6 N–H and O–H groups in total. The van der Waals surface area contributed by atoms with Gasteiger partial charge in [-0.05, 0) is 0 Å². The Hall–Kier alpha value is -2.11. The van der Waals surface area contributed by atoms with Crippen molar-refractivity contribution in [1.82, 2.24) is 0 Å². The number of aliphatic imine (C=N–C) groups is 2. The highest BCUT2D eigenvalue weighted by atomic mass is 15.1. The summed E-state index contributed by atoms with van der Waals surface area (Å²) in [7, 11) is 0. The van der Waals surface area contributed by atoms with Crippen molar-refractivity contribution in [2.75, 3.05) is 6.54 Å². The topological polar surface area (TPSA) is 107 Å². The quantitative estimate of drug-likeness (QED) is 0.321. The van der Waals surface area contributed by atoms with Gasteiger partial charge in [-0.3, -0.25) is 0 Å². The van der Waals surface area contributed by atoms with Gasteiger partial charge in [0, 0.05) is 12.1 Å². The predicted molar refractivity (Wildman–Crippen MR) is 58.9 cm³/mol. The zero-order valence-corrected chi connectivity index (χ0v) is 8.37. The van der Waals surface area contributed by atoms with Crippen LogP contribution in [0.5, 0.6) is 0 Å². The Labute approximate surface area is 88.1 Å². The van der Waals surface area contributed by atoms with Crippen molar-refractivity contribution in [3.63, 3.8) is 0 Å². The second-order valence-corrected chi connectivity index (χ2v) is 2.89. The lowest BCUT2D eigenvalue weighted by Crippen LogP contribution is -2.34. The number of pyridine rings is 1. The third kappa shape index (κ3) is 4.61. The van der Waals surface area contributed by atoms with Crippen LogP contribution in [0.1, 0.15) is 0 Å². The van der Waals surface area contributed by atoms with E-state index in [1.165, 1.54) is 0 Å². The van der Waals surface area contributed by atoms with Crippen molar-refractivity contribution in [1.29, 1.82) is 0 Å². The summed E-state index contributed by atoms with van der Waals surface area (Å²) in [4.78, 5) is 7.58. The fourth-order valence-corrected chi connectivity index (χ4v) is 1.03. The van der Waals surface area contributed by atoms with E-state index in [1.807, 2.05) is 35.2 Å².